The molecule has 0 spiro atoms. The Morgan fingerprint density at radius 1 is 1.13 bits per heavy atom. The molecule has 0 aromatic heterocycles. The Kier molecular flexibility index (Phi) is 7.70. The molecule has 2 aliphatic rings. The number of benzene rings is 1. The van der Waals surface area contributed by atoms with Crippen molar-refractivity contribution in [1.29, 1.82) is 0 Å². The standard InChI is InChI=1S/C26H42O4Si/c1-25(2,3)31(4,5)29-19-26(16-11-17-26)23(27)18-24(28)30-22-15-10-9-14-21(22)20-12-7-6-8-13-20/h6-8,12-13,21-23,27H,9-11,14-19H2,1-5H3/t21-,22-,23-/m1/s1. The quantitative estimate of drug-likeness (QED) is 0.381. The van der Waals surface area contributed by atoms with E-state index >= 15 is 0 Å². The van der Waals surface area contributed by atoms with Crippen LogP contribution in [0.1, 0.15) is 83.6 Å². The van der Waals surface area contributed by atoms with Gasteiger partial charge in [-0.25, -0.2) is 0 Å². The number of hydrogen-bond acceptors (Lipinski definition) is 4. The van der Waals surface area contributed by atoms with Crippen LogP contribution in [0.4, 0.5) is 0 Å². The van der Waals surface area contributed by atoms with Crippen molar-refractivity contribution >= 4 is 14.3 Å². The van der Waals surface area contributed by atoms with Gasteiger partial charge in [-0.05, 0) is 55.8 Å². The molecule has 1 aromatic carbocycles. The third-order valence-electron chi connectivity index (χ3n) is 8.16. The van der Waals surface area contributed by atoms with Crippen LogP contribution < -0.4 is 0 Å². The number of aliphatic hydroxyl groups excluding tert-OH is 1. The summed E-state index contributed by atoms with van der Waals surface area (Å²) in [6.07, 6.45) is 6.44. The van der Waals surface area contributed by atoms with Crippen LogP contribution in [0.2, 0.25) is 18.1 Å². The summed E-state index contributed by atoms with van der Waals surface area (Å²) in [4.78, 5) is 12.8. The number of rotatable bonds is 8. The molecule has 0 saturated heterocycles. The molecule has 4 nitrogen and oxygen atoms in total. The van der Waals surface area contributed by atoms with E-state index in [1.807, 2.05) is 6.07 Å². The van der Waals surface area contributed by atoms with E-state index in [2.05, 4.69) is 58.1 Å². The number of esters is 1. The highest BCUT2D eigenvalue weighted by molar-refractivity contribution is 6.74. The van der Waals surface area contributed by atoms with Gasteiger partial charge in [0.1, 0.15) is 6.10 Å². The van der Waals surface area contributed by atoms with Gasteiger partial charge in [-0.3, -0.25) is 4.79 Å². The van der Waals surface area contributed by atoms with Gasteiger partial charge in [0.05, 0.1) is 12.5 Å². The molecule has 0 radical (unpaired) electrons. The number of ether oxygens (including phenoxy) is 1. The molecule has 0 heterocycles. The second kappa shape index (κ2) is 9.76. The number of carbonyl (C=O) groups excluding carboxylic acids is 1. The first-order chi connectivity index (χ1) is 14.5. The predicted octanol–water partition coefficient (Wildman–Crippen LogP) is 6.20. The molecule has 2 fully saturated rings. The van der Waals surface area contributed by atoms with Crippen molar-refractivity contribution in [1.82, 2.24) is 0 Å². The lowest BCUT2D eigenvalue weighted by Gasteiger charge is -2.48. The minimum atomic E-state index is -1.89. The molecule has 0 aliphatic heterocycles. The van der Waals surface area contributed by atoms with Crippen molar-refractivity contribution in [3.63, 3.8) is 0 Å². The fourth-order valence-electron chi connectivity index (χ4n) is 4.66. The average Bonchev–Trinajstić information content (AvgIpc) is 2.67. The van der Waals surface area contributed by atoms with E-state index < -0.39 is 14.4 Å². The normalized spacial score (nSPS) is 24.8. The highest BCUT2D eigenvalue weighted by atomic mass is 28.4. The molecule has 3 atom stereocenters. The van der Waals surface area contributed by atoms with Crippen molar-refractivity contribution < 1.29 is 19.1 Å². The predicted molar refractivity (Wildman–Crippen MR) is 128 cm³/mol. The van der Waals surface area contributed by atoms with Gasteiger partial charge in [-0.15, -0.1) is 0 Å². The van der Waals surface area contributed by atoms with Crippen LogP contribution in [0.15, 0.2) is 30.3 Å². The fourth-order valence-corrected chi connectivity index (χ4v) is 5.74. The van der Waals surface area contributed by atoms with Gasteiger partial charge in [0.15, 0.2) is 8.32 Å². The zero-order valence-corrected chi connectivity index (χ0v) is 21.2. The molecule has 2 saturated carbocycles. The monoisotopic (exact) mass is 446 g/mol. The Balaban J connectivity index is 1.58. The smallest absolute Gasteiger partial charge is 0.308 e. The third kappa shape index (κ3) is 5.80. The summed E-state index contributed by atoms with van der Waals surface area (Å²) >= 11 is 0. The van der Waals surface area contributed by atoms with E-state index in [9.17, 15) is 9.90 Å². The largest absolute Gasteiger partial charge is 0.462 e. The van der Waals surface area contributed by atoms with Crippen molar-refractivity contribution in [2.45, 2.75) is 108 Å². The molecule has 31 heavy (non-hydrogen) atoms. The first kappa shape index (κ1) is 24.5. The van der Waals surface area contributed by atoms with Crippen molar-refractivity contribution in [3.05, 3.63) is 35.9 Å². The SMILES string of the molecule is CC(C)(C)[Si](C)(C)OCC1([C@H](O)CC(=O)O[C@@H]2CCCC[C@@H]2c2ccccc2)CCC1. The first-order valence-electron chi connectivity index (χ1n) is 12.1. The molecule has 2 aliphatic carbocycles. The molecule has 3 rings (SSSR count). The van der Waals surface area contributed by atoms with Gasteiger partial charge in [-0.2, -0.15) is 0 Å². The Morgan fingerprint density at radius 3 is 2.35 bits per heavy atom. The average molecular weight is 447 g/mol. The highest BCUT2D eigenvalue weighted by Gasteiger charge is 2.47. The van der Waals surface area contributed by atoms with Crippen molar-refractivity contribution in [3.8, 4) is 0 Å². The maximum absolute atomic E-state index is 12.8. The molecule has 174 valence electrons. The zero-order valence-electron chi connectivity index (χ0n) is 20.2. The first-order valence-corrected chi connectivity index (χ1v) is 15.0. The summed E-state index contributed by atoms with van der Waals surface area (Å²) in [6.45, 7) is 11.7. The molecule has 5 heteroatoms. The van der Waals surface area contributed by atoms with Gasteiger partial charge in [0.2, 0.25) is 0 Å². The second-order valence-electron chi connectivity index (χ2n) is 11.3. The summed E-state index contributed by atoms with van der Waals surface area (Å²) in [7, 11) is -1.89. The number of aliphatic hydroxyl groups is 1. The maximum Gasteiger partial charge on any atom is 0.308 e. The van der Waals surface area contributed by atoms with Crippen LogP contribution >= 0.6 is 0 Å². The van der Waals surface area contributed by atoms with Crippen LogP contribution in [0.5, 0.6) is 0 Å². The molecule has 1 N–H and O–H groups in total. The second-order valence-corrected chi connectivity index (χ2v) is 16.1. The van der Waals surface area contributed by atoms with E-state index in [-0.39, 0.29) is 34.9 Å². The maximum atomic E-state index is 12.8. The summed E-state index contributed by atoms with van der Waals surface area (Å²) in [6, 6.07) is 10.4. The Bertz CT molecular complexity index is 721. The lowest BCUT2D eigenvalue weighted by atomic mass is 9.65. The summed E-state index contributed by atoms with van der Waals surface area (Å²) in [5.74, 6) is -0.00504. The lowest BCUT2D eigenvalue weighted by Crippen LogP contribution is -2.51. The summed E-state index contributed by atoms with van der Waals surface area (Å²) in [5.41, 5.74) is 0.957. The van der Waals surface area contributed by atoms with E-state index in [0.29, 0.717) is 6.61 Å². The van der Waals surface area contributed by atoms with E-state index in [0.717, 1.165) is 38.5 Å². The zero-order chi connectivity index (χ0) is 22.7. The van der Waals surface area contributed by atoms with E-state index in [1.165, 1.54) is 12.0 Å². The summed E-state index contributed by atoms with van der Waals surface area (Å²) < 4.78 is 12.4. The van der Waals surface area contributed by atoms with Crippen molar-refractivity contribution in [2.24, 2.45) is 5.41 Å². The van der Waals surface area contributed by atoms with Crippen molar-refractivity contribution in [2.75, 3.05) is 6.61 Å². The number of hydrogen-bond donors (Lipinski definition) is 1. The fraction of sp³-hybridized carbons (Fsp3) is 0.731. The topological polar surface area (TPSA) is 55.8 Å². The number of carbonyl (C=O) groups is 1. The van der Waals surface area contributed by atoms with E-state index in [4.69, 9.17) is 9.16 Å². The minimum Gasteiger partial charge on any atom is -0.462 e. The van der Waals surface area contributed by atoms with Crippen LogP contribution in [0.3, 0.4) is 0 Å². The van der Waals surface area contributed by atoms with Crippen LogP contribution in [-0.4, -0.2) is 38.2 Å². The minimum absolute atomic E-state index is 0.0683. The molecule has 0 bridgehead atoms. The van der Waals surface area contributed by atoms with Gasteiger partial charge >= 0.3 is 5.97 Å². The van der Waals surface area contributed by atoms with Gasteiger partial charge in [0.25, 0.3) is 0 Å². The Hall–Kier alpha value is -1.17. The molecule has 0 amide bonds. The third-order valence-corrected chi connectivity index (χ3v) is 12.6. The van der Waals surface area contributed by atoms with Crippen LogP contribution in [0.25, 0.3) is 0 Å². The van der Waals surface area contributed by atoms with Gasteiger partial charge < -0.3 is 14.3 Å². The van der Waals surface area contributed by atoms with Crippen LogP contribution in [-0.2, 0) is 14.0 Å². The molecular formula is C26H42O4Si. The van der Waals surface area contributed by atoms with Gasteiger partial charge in [-0.1, -0.05) is 63.9 Å². The van der Waals surface area contributed by atoms with Gasteiger partial charge in [0, 0.05) is 17.9 Å². The Labute approximate surface area is 189 Å². The van der Waals surface area contributed by atoms with Crippen LogP contribution in [0, 0.1) is 5.41 Å². The Morgan fingerprint density at radius 2 is 1.77 bits per heavy atom. The molecule has 0 unspecified atom stereocenters. The summed E-state index contributed by atoms with van der Waals surface area (Å²) in [5, 5.41) is 11.2. The molecular weight excluding hydrogens is 404 g/mol. The van der Waals surface area contributed by atoms with E-state index in [1.54, 1.807) is 0 Å². The highest BCUT2D eigenvalue weighted by Crippen LogP contribution is 2.47. The molecule has 1 aromatic rings. The lowest BCUT2D eigenvalue weighted by molar-refractivity contribution is -0.159.